The normalized spacial score (nSPS) is 15.4. The van der Waals surface area contributed by atoms with Gasteiger partial charge in [-0.05, 0) is 61.4 Å². The number of nitrogens with two attached hydrogens (primary N) is 1. The predicted octanol–water partition coefficient (Wildman–Crippen LogP) is 4.78. The van der Waals surface area contributed by atoms with Gasteiger partial charge in [0.25, 0.3) is 0 Å². The molecule has 1 fully saturated rings. The number of fused-ring (bicyclic) bond motifs is 1. The van der Waals surface area contributed by atoms with Crippen molar-refractivity contribution < 1.29 is 14.2 Å². The summed E-state index contributed by atoms with van der Waals surface area (Å²) in [4.78, 5) is 9.29. The molecule has 0 unspecified atom stereocenters. The molecule has 0 aliphatic heterocycles. The Bertz CT molecular complexity index is 1130. The van der Waals surface area contributed by atoms with Gasteiger partial charge < -0.3 is 25.3 Å². The molecule has 0 spiro atoms. The molecule has 1 atom stereocenters. The van der Waals surface area contributed by atoms with Crippen LogP contribution < -0.4 is 20.5 Å². The van der Waals surface area contributed by atoms with E-state index in [-0.39, 0.29) is 11.5 Å². The first-order valence-electron chi connectivity index (χ1n) is 11.0. The molecule has 170 valence electrons. The third-order valence-electron chi connectivity index (χ3n) is 6.17. The second kappa shape index (κ2) is 8.82. The third-order valence-corrected chi connectivity index (χ3v) is 6.17. The van der Waals surface area contributed by atoms with E-state index < -0.39 is 0 Å². The minimum absolute atomic E-state index is 0.0112. The summed E-state index contributed by atoms with van der Waals surface area (Å²) in [5, 5.41) is 4.44. The number of rotatable bonds is 9. The second-order valence-corrected chi connectivity index (χ2v) is 8.80. The molecule has 0 amide bonds. The maximum atomic E-state index is 6.25. The van der Waals surface area contributed by atoms with Crippen molar-refractivity contribution in [3.63, 3.8) is 0 Å². The van der Waals surface area contributed by atoms with Gasteiger partial charge >= 0.3 is 0 Å². The van der Waals surface area contributed by atoms with Crippen LogP contribution in [0.2, 0.25) is 0 Å². The first-order chi connectivity index (χ1) is 15.3. The van der Waals surface area contributed by atoms with Crippen molar-refractivity contribution in [2.75, 3.05) is 38.5 Å². The summed E-state index contributed by atoms with van der Waals surface area (Å²) in [7, 11) is 3.27. The highest BCUT2D eigenvalue weighted by Gasteiger charge is 2.39. The van der Waals surface area contributed by atoms with E-state index in [1.165, 1.54) is 18.4 Å². The van der Waals surface area contributed by atoms with Gasteiger partial charge in [0.1, 0.15) is 18.2 Å². The lowest BCUT2D eigenvalue weighted by Crippen LogP contribution is -2.12. The van der Waals surface area contributed by atoms with E-state index in [4.69, 9.17) is 24.9 Å². The van der Waals surface area contributed by atoms with Crippen LogP contribution in [0.5, 0.6) is 11.5 Å². The average molecular weight is 437 g/mol. The number of hydrogen-bond acceptors (Lipinski definition) is 7. The molecule has 7 heteroatoms. The van der Waals surface area contributed by atoms with Gasteiger partial charge in [0, 0.05) is 24.2 Å². The zero-order valence-electron chi connectivity index (χ0n) is 19.5. The molecule has 7 nitrogen and oxygen atoms in total. The Kier molecular flexibility index (Phi) is 6.11. The highest BCUT2D eigenvalue weighted by Crippen LogP contribution is 2.48. The Morgan fingerprint density at radius 1 is 1.06 bits per heavy atom. The summed E-state index contributed by atoms with van der Waals surface area (Å²) >= 11 is 0. The minimum atomic E-state index is 0.0112. The van der Waals surface area contributed by atoms with E-state index in [0.29, 0.717) is 30.5 Å². The summed E-state index contributed by atoms with van der Waals surface area (Å²) < 4.78 is 16.5. The van der Waals surface area contributed by atoms with E-state index >= 15 is 0 Å². The van der Waals surface area contributed by atoms with Gasteiger partial charge in [-0.1, -0.05) is 13.0 Å². The fourth-order valence-corrected chi connectivity index (χ4v) is 3.91. The average Bonchev–Trinajstić information content (AvgIpc) is 3.52. The Morgan fingerprint density at radius 2 is 1.84 bits per heavy atom. The van der Waals surface area contributed by atoms with Crippen LogP contribution in [0.3, 0.4) is 0 Å². The molecule has 32 heavy (non-hydrogen) atoms. The minimum Gasteiger partial charge on any atom is -0.493 e. The molecule has 0 radical (unpaired) electrons. The van der Waals surface area contributed by atoms with E-state index in [2.05, 4.69) is 36.3 Å². The number of benzene rings is 2. The number of ether oxygens (including phenoxy) is 3. The van der Waals surface area contributed by atoms with Gasteiger partial charge in [0.15, 0.2) is 11.5 Å². The lowest BCUT2D eigenvalue weighted by atomic mass is 9.94. The van der Waals surface area contributed by atoms with Crippen LogP contribution in [0, 0.1) is 6.92 Å². The quantitative estimate of drug-likeness (QED) is 0.368. The molecule has 2 aromatic carbocycles. The summed E-state index contributed by atoms with van der Waals surface area (Å²) in [5.74, 6) is 2.69. The van der Waals surface area contributed by atoms with Gasteiger partial charge in [-0.25, -0.2) is 9.97 Å². The monoisotopic (exact) mass is 436 g/mol. The molecular formula is C25H32N4O3. The van der Waals surface area contributed by atoms with Crippen LogP contribution in [0.1, 0.15) is 49.7 Å². The van der Waals surface area contributed by atoms with Crippen molar-refractivity contribution in [1.29, 1.82) is 0 Å². The Morgan fingerprint density at radius 3 is 2.53 bits per heavy atom. The van der Waals surface area contributed by atoms with Crippen LogP contribution in [-0.4, -0.2) is 37.4 Å². The molecule has 1 aromatic heterocycles. The number of aromatic nitrogens is 2. The Balaban J connectivity index is 1.69. The molecule has 1 aliphatic rings. The fourth-order valence-electron chi connectivity index (χ4n) is 3.91. The largest absolute Gasteiger partial charge is 0.493 e. The molecule has 1 heterocycles. The number of nitrogens with one attached hydrogen (secondary N) is 1. The number of nitrogen functional groups attached to an aromatic ring is 1. The number of nitrogens with zero attached hydrogens (tertiary/aromatic N) is 2. The number of anilines is 2. The maximum absolute atomic E-state index is 6.25. The van der Waals surface area contributed by atoms with Crippen LogP contribution in [0.25, 0.3) is 10.9 Å². The molecule has 4 rings (SSSR count). The highest BCUT2D eigenvalue weighted by atomic mass is 16.5. The first-order valence-corrected chi connectivity index (χ1v) is 11.0. The van der Waals surface area contributed by atoms with Crippen molar-refractivity contribution in [3.05, 3.63) is 47.3 Å². The molecular weight excluding hydrogens is 404 g/mol. The van der Waals surface area contributed by atoms with Gasteiger partial charge in [-0.2, -0.15) is 0 Å². The zero-order valence-corrected chi connectivity index (χ0v) is 19.5. The molecule has 3 aromatic rings. The van der Waals surface area contributed by atoms with Crippen molar-refractivity contribution in [1.82, 2.24) is 9.97 Å². The lowest BCUT2D eigenvalue weighted by molar-refractivity contribution is 0.144. The molecule has 1 saturated carbocycles. The van der Waals surface area contributed by atoms with Crippen molar-refractivity contribution in [2.24, 2.45) is 0 Å². The van der Waals surface area contributed by atoms with Crippen molar-refractivity contribution >= 4 is 22.4 Å². The summed E-state index contributed by atoms with van der Waals surface area (Å²) in [5.41, 5.74) is 10.5. The van der Waals surface area contributed by atoms with Gasteiger partial charge in [0.05, 0.1) is 25.3 Å². The topological polar surface area (TPSA) is 91.5 Å². The van der Waals surface area contributed by atoms with Crippen LogP contribution >= 0.6 is 0 Å². The summed E-state index contributed by atoms with van der Waals surface area (Å²) in [6, 6.07) is 10.2. The molecule has 0 bridgehead atoms. The second-order valence-electron chi connectivity index (χ2n) is 8.80. The standard InChI is InChI=1S/C25H32N4O3/c1-15(17-10-18(12-19(26)11-17)25(3)6-7-25)27-24-20-13-23(32-9-8-30-4)22(31-5)14-21(20)28-16(2)29-24/h10-15H,6-9,26H2,1-5H3,(H,27,28,29)/t15-/m1/s1. The molecule has 3 N–H and O–H groups in total. The predicted molar refractivity (Wildman–Crippen MR) is 128 cm³/mol. The summed E-state index contributed by atoms with van der Waals surface area (Å²) in [6.45, 7) is 7.22. The van der Waals surface area contributed by atoms with E-state index in [9.17, 15) is 0 Å². The van der Waals surface area contributed by atoms with Gasteiger partial charge in [-0.15, -0.1) is 0 Å². The molecule has 0 saturated heterocycles. The molecule has 1 aliphatic carbocycles. The van der Waals surface area contributed by atoms with Gasteiger partial charge in [0.2, 0.25) is 0 Å². The van der Waals surface area contributed by atoms with Crippen molar-refractivity contribution in [2.45, 2.75) is 45.1 Å². The van der Waals surface area contributed by atoms with Crippen LogP contribution in [0.15, 0.2) is 30.3 Å². The van der Waals surface area contributed by atoms with Gasteiger partial charge in [-0.3, -0.25) is 0 Å². The summed E-state index contributed by atoms with van der Waals surface area (Å²) in [6.07, 6.45) is 2.42. The Labute approximate surface area is 189 Å². The zero-order chi connectivity index (χ0) is 22.9. The lowest BCUT2D eigenvalue weighted by Gasteiger charge is -2.20. The van der Waals surface area contributed by atoms with E-state index in [1.54, 1.807) is 14.2 Å². The van der Waals surface area contributed by atoms with Crippen LogP contribution in [-0.2, 0) is 10.2 Å². The fraction of sp³-hybridized carbons (Fsp3) is 0.440. The maximum Gasteiger partial charge on any atom is 0.162 e. The number of hydrogen-bond donors (Lipinski definition) is 2. The first kappa shape index (κ1) is 22.1. The highest BCUT2D eigenvalue weighted by molar-refractivity contribution is 5.92. The smallest absolute Gasteiger partial charge is 0.162 e. The number of aryl methyl sites for hydroxylation is 1. The van der Waals surface area contributed by atoms with E-state index in [0.717, 1.165) is 28.0 Å². The van der Waals surface area contributed by atoms with Crippen LogP contribution in [0.4, 0.5) is 11.5 Å². The van der Waals surface area contributed by atoms with E-state index in [1.807, 2.05) is 25.1 Å². The third kappa shape index (κ3) is 4.58. The number of methoxy groups -OCH3 is 2. The Hall–Kier alpha value is -3.06. The SMILES string of the molecule is COCCOc1cc2c(N[C@H](C)c3cc(N)cc(C4(C)CC4)c3)nc(C)nc2cc1OC. The van der Waals surface area contributed by atoms with Crippen molar-refractivity contribution in [3.8, 4) is 11.5 Å².